The number of carbonyl (C=O) groups excluding carboxylic acids is 1. The molecule has 2 aliphatic rings. The van der Waals surface area contributed by atoms with E-state index in [1.807, 2.05) is 6.07 Å². The van der Waals surface area contributed by atoms with Crippen LogP contribution in [0.5, 0.6) is 0 Å². The third kappa shape index (κ3) is 2.79. The summed E-state index contributed by atoms with van der Waals surface area (Å²) in [5, 5.41) is 8.93. The molecule has 1 saturated heterocycles. The molecule has 2 heterocycles. The summed E-state index contributed by atoms with van der Waals surface area (Å²) in [4.78, 5) is 19.0. The number of halogens is 4. The fourth-order valence-electron chi connectivity index (χ4n) is 3.32. The number of benzene rings is 2. The number of aliphatic imine (C=N–C) groups is 1. The molecule has 9 heteroatoms. The number of nitrogens with zero attached hydrogens (tertiary/aromatic N) is 3. The van der Waals surface area contributed by atoms with Crippen LogP contribution < -0.4 is 23.7 Å². The number of alkyl halides is 4. The number of fused-ring (bicyclic) bond motifs is 2. The van der Waals surface area contributed by atoms with E-state index >= 15 is 0 Å². The van der Waals surface area contributed by atoms with E-state index in [0.29, 0.717) is 17.8 Å². The molecule has 28 heavy (non-hydrogen) atoms. The van der Waals surface area contributed by atoms with Gasteiger partial charge in [-0.05, 0) is 0 Å². The van der Waals surface area contributed by atoms with Gasteiger partial charge in [-0.15, -0.1) is 0 Å². The van der Waals surface area contributed by atoms with Gasteiger partial charge in [0.2, 0.25) is 0 Å². The van der Waals surface area contributed by atoms with E-state index in [1.165, 1.54) is 13.0 Å². The van der Waals surface area contributed by atoms with Gasteiger partial charge in [0.25, 0.3) is 0 Å². The van der Waals surface area contributed by atoms with Crippen molar-refractivity contribution in [2.45, 2.75) is 13.1 Å². The first-order valence-corrected chi connectivity index (χ1v) is 12.9. The van der Waals surface area contributed by atoms with Crippen LogP contribution in [0.2, 0.25) is 0 Å². The first-order valence-electron chi connectivity index (χ1n) is 8.25. The Labute approximate surface area is 163 Å². The van der Waals surface area contributed by atoms with E-state index in [-0.39, 0.29) is 25.1 Å². The van der Waals surface area contributed by atoms with Crippen LogP contribution in [0.1, 0.15) is 27.0 Å². The molecule has 146 valence electrons. The summed E-state index contributed by atoms with van der Waals surface area (Å²) in [5.74, 6) is 0. The van der Waals surface area contributed by atoms with Gasteiger partial charge in [-0.3, -0.25) is 0 Å². The van der Waals surface area contributed by atoms with Gasteiger partial charge in [-0.25, -0.2) is 0 Å². The molecule has 0 radical (unpaired) electrons. The molecule has 0 saturated carbocycles. The maximum atomic E-state index is 13.3. The molecule has 1 fully saturated rings. The normalized spacial score (nSPS) is 23.4. The molecule has 2 aromatic carbocycles. The monoisotopic (exact) mass is 500 g/mol. The van der Waals surface area contributed by atoms with Crippen LogP contribution in [0.4, 0.5) is 24.5 Å². The molecule has 2 aliphatic heterocycles. The summed E-state index contributed by atoms with van der Waals surface area (Å²) < 4.78 is 50.9. The number of rotatable bonds is 1. The zero-order valence-electron chi connectivity index (χ0n) is 14.6. The van der Waals surface area contributed by atoms with E-state index in [4.69, 9.17) is 5.26 Å². The third-order valence-electron chi connectivity index (χ3n) is 4.75. The fraction of sp³-hybridized carbons (Fsp3) is 0.211. The predicted octanol–water partition coefficient (Wildman–Crippen LogP) is 0.615. The van der Waals surface area contributed by atoms with E-state index in [9.17, 15) is 21.4 Å². The van der Waals surface area contributed by atoms with Gasteiger partial charge in [0.1, 0.15) is 0 Å². The number of amidine groups is 1. The number of nitriles is 1. The molecule has 1 atom stereocenters. The summed E-state index contributed by atoms with van der Waals surface area (Å²) in [6.07, 6.45) is -4.56. The maximum absolute atomic E-state index is 13.3. The van der Waals surface area contributed by atoms with Crippen molar-refractivity contribution in [1.82, 2.24) is 0 Å². The van der Waals surface area contributed by atoms with Gasteiger partial charge >= 0.3 is 163 Å². The van der Waals surface area contributed by atoms with Crippen molar-refractivity contribution in [3.8, 4) is 6.07 Å². The Bertz CT molecular complexity index is 1070. The van der Waals surface area contributed by atoms with Crippen LogP contribution in [0.25, 0.3) is 0 Å². The molecule has 0 aliphatic carbocycles. The van der Waals surface area contributed by atoms with E-state index in [1.54, 1.807) is 29.2 Å². The number of anilines is 1. The Kier molecular flexibility index (Phi) is 4.24. The van der Waals surface area contributed by atoms with Gasteiger partial charge in [-0.2, -0.15) is 0 Å². The van der Waals surface area contributed by atoms with Crippen LogP contribution in [-0.2, 0) is 6.18 Å². The Morgan fingerprint density at radius 3 is 2.54 bits per heavy atom. The number of aryl methyl sites for hydroxylation is 1. The van der Waals surface area contributed by atoms with Crippen LogP contribution in [-0.4, -0.2) is 22.0 Å². The van der Waals surface area contributed by atoms with Crippen LogP contribution in [0.3, 0.4) is 0 Å². The van der Waals surface area contributed by atoms with Crippen LogP contribution >= 0.6 is 0 Å². The molecule has 0 amide bonds. The quantitative estimate of drug-likeness (QED) is 0.270. The summed E-state index contributed by atoms with van der Waals surface area (Å²) in [6.45, 7) is 1.65. The molecule has 0 aromatic heterocycles. The van der Waals surface area contributed by atoms with Crippen molar-refractivity contribution < 1.29 is 40.3 Å². The molecule has 1 unspecified atom stereocenters. The van der Waals surface area contributed by atoms with Crippen LogP contribution in [0, 0.1) is 18.3 Å². The minimum atomic E-state index is -4.56. The Hall–Kier alpha value is -2.45. The van der Waals surface area contributed by atoms with Crippen molar-refractivity contribution in [1.29, 1.82) is 5.26 Å². The predicted molar refractivity (Wildman–Crippen MR) is 93.2 cm³/mol. The molecule has 0 bridgehead atoms. The molecular formula is C19H14F3IN3O2-. The average Bonchev–Trinajstić information content (AvgIpc) is 2.99. The third-order valence-corrected chi connectivity index (χ3v) is 11.4. The zero-order chi connectivity index (χ0) is 20.3. The number of carbonyl (C=O) groups is 1. The average molecular weight is 500 g/mol. The summed E-state index contributed by atoms with van der Waals surface area (Å²) >= 11 is -4.14. The minimum absolute atomic E-state index is 0.0632. The van der Waals surface area contributed by atoms with Gasteiger partial charge < -0.3 is 0 Å². The summed E-state index contributed by atoms with van der Waals surface area (Å²) in [5.41, 5.74) is 0.183. The van der Waals surface area contributed by atoms with Gasteiger partial charge in [0.05, 0.1) is 0 Å². The van der Waals surface area contributed by atoms with E-state index in [0.717, 1.165) is 6.07 Å². The SMILES string of the molecule is Cc1cc2c(cc1C(F)(F)F)N=C1N(c3ccc(C#N)cc3)CC[I-]1(O)C2=O. The second kappa shape index (κ2) is 6.28. The number of hydrogen-bond acceptors (Lipinski definition) is 5. The van der Waals surface area contributed by atoms with Gasteiger partial charge in [-0.1, -0.05) is 0 Å². The fourth-order valence-corrected chi connectivity index (χ4v) is 9.44. The van der Waals surface area contributed by atoms with Crippen LogP contribution in [0.15, 0.2) is 41.4 Å². The van der Waals surface area contributed by atoms with E-state index in [2.05, 4.69) is 4.99 Å². The van der Waals surface area contributed by atoms with E-state index < -0.39 is 34.4 Å². The molecule has 0 spiro atoms. The first-order chi connectivity index (χ1) is 13.1. The molecule has 2 aromatic rings. The van der Waals surface area contributed by atoms with Gasteiger partial charge in [0, 0.05) is 0 Å². The van der Waals surface area contributed by atoms with Crippen molar-refractivity contribution in [3.63, 3.8) is 0 Å². The molecule has 4 rings (SSSR count). The summed E-state index contributed by atoms with van der Waals surface area (Å²) in [7, 11) is 0. The van der Waals surface area contributed by atoms with Gasteiger partial charge in [0.15, 0.2) is 0 Å². The Morgan fingerprint density at radius 1 is 1.25 bits per heavy atom. The summed E-state index contributed by atoms with van der Waals surface area (Å²) in [6, 6.07) is 10.6. The molecule has 1 N–H and O–H groups in total. The van der Waals surface area contributed by atoms with Crippen molar-refractivity contribution in [2.24, 2.45) is 4.99 Å². The number of hydrogen-bond donors (Lipinski definition) is 1. The topological polar surface area (TPSA) is 76.7 Å². The Balaban J connectivity index is 1.86. The van der Waals surface area contributed by atoms with Crippen molar-refractivity contribution >= 4 is 19.0 Å². The molecular weight excluding hydrogens is 486 g/mol. The Morgan fingerprint density at radius 2 is 1.93 bits per heavy atom. The molecule has 5 nitrogen and oxygen atoms in total. The zero-order valence-corrected chi connectivity index (χ0v) is 16.7. The van der Waals surface area contributed by atoms with Crippen molar-refractivity contribution in [3.05, 3.63) is 58.7 Å². The van der Waals surface area contributed by atoms with Crippen molar-refractivity contribution in [2.75, 3.05) is 15.9 Å². The first kappa shape index (κ1) is 18.9. The second-order valence-corrected chi connectivity index (χ2v) is 13.2. The second-order valence-electron chi connectivity index (χ2n) is 6.49. The standard InChI is InChI=1S/C19H14F3IN3O2/c1-11-8-14-16(9-15(11)19(20,21)22)25-18-23(28,17(14)27)6-7-26(18)13-4-2-12(10-24)3-5-13/h2-5,8-9,28H,6-7H2,1H3/q-1.